The van der Waals surface area contributed by atoms with E-state index >= 15 is 0 Å². The van der Waals surface area contributed by atoms with Gasteiger partial charge in [0.15, 0.2) is 0 Å². The van der Waals surface area contributed by atoms with Gasteiger partial charge >= 0.3 is 0 Å². The van der Waals surface area contributed by atoms with Gasteiger partial charge in [0.1, 0.15) is 11.4 Å². The number of hydrogen-bond acceptors (Lipinski definition) is 5. The van der Waals surface area contributed by atoms with Crippen LogP contribution >= 0.6 is 0 Å². The lowest BCUT2D eigenvalue weighted by atomic mass is 10.1. The number of carbonyl (C=O) groups excluding carboxylic acids is 1. The quantitative estimate of drug-likeness (QED) is 0.626. The molecule has 28 heavy (non-hydrogen) atoms. The number of aryl methyl sites for hydroxylation is 1. The molecule has 0 radical (unpaired) electrons. The number of nitrogens with one attached hydrogen (secondary N) is 2. The number of anilines is 2. The van der Waals surface area contributed by atoms with Crippen molar-refractivity contribution in [3.8, 4) is 5.75 Å². The fourth-order valence-electron chi connectivity index (χ4n) is 2.74. The summed E-state index contributed by atoms with van der Waals surface area (Å²) in [6.07, 6.45) is 3.28. The highest BCUT2D eigenvalue weighted by Crippen LogP contribution is 2.15. The van der Waals surface area contributed by atoms with Crippen LogP contribution in [0.15, 0.2) is 60.8 Å². The lowest BCUT2D eigenvalue weighted by molar-refractivity contribution is 0.0949. The normalized spacial score (nSPS) is 10.4. The molecular formula is C22H24N4O2. The molecule has 1 amide bonds. The van der Waals surface area contributed by atoms with Crippen LogP contribution < -0.4 is 15.4 Å². The molecular weight excluding hydrogens is 352 g/mol. The molecule has 0 bridgehead atoms. The Hall–Kier alpha value is -3.41. The Morgan fingerprint density at radius 2 is 1.89 bits per heavy atom. The van der Waals surface area contributed by atoms with E-state index in [1.807, 2.05) is 36.4 Å². The number of aromatic nitrogens is 2. The molecule has 0 aliphatic carbocycles. The van der Waals surface area contributed by atoms with Crippen molar-refractivity contribution < 1.29 is 9.53 Å². The molecule has 2 aromatic carbocycles. The van der Waals surface area contributed by atoms with Gasteiger partial charge in [-0.05, 0) is 54.3 Å². The number of nitrogens with zero attached hydrogens (tertiary/aromatic N) is 2. The van der Waals surface area contributed by atoms with Crippen molar-refractivity contribution in [2.45, 2.75) is 19.8 Å². The van der Waals surface area contributed by atoms with Crippen molar-refractivity contribution in [1.29, 1.82) is 0 Å². The third-order valence-corrected chi connectivity index (χ3v) is 4.34. The molecule has 1 aromatic heterocycles. The number of hydrogen-bond donors (Lipinski definition) is 2. The molecule has 0 aliphatic rings. The maximum absolute atomic E-state index is 12.4. The molecule has 0 aliphatic heterocycles. The Labute approximate surface area is 165 Å². The summed E-state index contributed by atoms with van der Waals surface area (Å²) < 4.78 is 5.22. The summed E-state index contributed by atoms with van der Waals surface area (Å²) in [5.74, 6) is 0.974. The van der Waals surface area contributed by atoms with E-state index in [2.05, 4.69) is 39.7 Å². The Morgan fingerprint density at radius 3 is 2.64 bits per heavy atom. The Balaban J connectivity index is 1.56. The molecule has 6 heteroatoms. The first-order valence-electron chi connectivity index (χ1n) is 9.28. The monoisotopic (exact) mass is 376 g/mol. The topological polar surface area (TPSA) is 76.1 Å². The van der Waals surface area contributed by atoms with Crippen LogP contribution in [0.1, 0.15) is 28.5 Å². The minimum absolute atomic E-state index is 0.227. The van der Waals surface area contributed by atoms with Gasteiger partial charge in [0, 0.05) is 18.4 Å². The number of amides is 1. The molecule has 6 nitrogen and oxygen atoms in total. The van der Waals surface area contributed by atoms with Gasteiger partial charge in [-0.2, -0.15) is 0 Å². The molecule has 1 heterocycles. The largest absolute Gasteiger partial charge is 0.497 e. The number of carbonyl (C=O) groups is 1. The Bertz CT molecular complexity index is 926. The zero-order chi connectivity index (χ0) is 19.8. The highest BCUT2D eigenvalue weighted by molar-refractivity contribution is 5.92. The van der Waals surface area contributed by atoms with Crippen LogP contribution in [0.4, 0.5) is 11.6 Å². The molecule has 2 N–H and O–H groups in total. The molecule has 0 fully saturated rings. The Kier molecular flexibility index (Phi) is 6.57. The highest BCUT2D eigenvalue weighted by Gasteiger charge is 2.09. The van der Waals surface area contributed by atoms with Crippen molar-refractivity contribution >= 4 is 17.5 Å². The van der Waals surface area contributed by atoms with Crippen molar-refractivity contribution in [2.24, 2.45) is 0 Å². The van der Waals surface area contributed by atoms with E-state index in [0.29, 0.717) is 24.6 Å². The first-order chi connectivity index (χ1) is 13.7. The SMILES string of the molecule is CCc1ccc(Nc2nccc(C(=O)NCCc3cccc(OC)c3)n2)cc1. The van der Waals surface area contributed by atoms with Crippen molar-refractivity contribution in [3.05, 3.63) is 77.6 Å². The van der Waals surface area contributed by atoms with Gasteiger partial charge < -0.3 is 15.4 Å². The van der Waals surface area contributed by atoms with Crippen LogP contribution in [-0.2, 0) is 12.8 Å². The van der Waals surface area contributed by atoms with Crippen molar-refractivity contribution in [3.63, 3.8) is 0 Å². The van der Waals surface area contributed by atoms with E-state index < -0.39 is 0 Å². The van der Waals surface area contributed by atoms with Gasteiger partial charge in [-0.1, -0.05) is 31.2 Å². The summed E-state index contributed by atoms with van der Waals surface area (Å²) in [4.78, 5) is 20.9. The van der Waals surface area contributed by atoms with Gasteiger partial charge in [0.2, 0.25) is 5.95 Å². The van der Waals surface area contributed by atoms with Crippen LogP contribution in [0.25, 0.3) is 0 Å². The summed E-state index contributed by atoms with van der Waals surface area (Å²) in [6.45, 7) is 2.62. The first kappa shape index (κ1) is 19.4. The van der Waals surface area contributed by atoms with Gasteiger partial charge in [-0.3, -0.25) is 4.79 Å². The van der Waals surface area contributed by atoms with Crippen molar-refractivity contribution in [2.75, 3.05) is 19.0 Å². The van der Waals surface area contributed by atoms with E-state index in [-0.39, 0.29) is 5.91 Å². The third kappa shape index (κ3) is 5.30. The number of ether oxygens (including phenoxy) is 1. The number of benzene rings is 2. The summed E-state index contributed by atoms with van der Waals surface area (Å²) in [5, 5.41) is 6.02. The van der Waals surface area contributed by atoms with Gasteiger partial charge in [0.05, 0.1) is 7.11 Å². The standard InChI is InChI=1S/C22H24N4O2/c1-3-16-7-9-18(10-8-16)25-22-24-14-12-20(26-22)21(27)23-13-11-17-5-4-6-19(15-17)28-2/h4-10,12,14-15H,3,11,13H2,1-2H3,(H,23,27)(H,24,25,26). The molecule has 0 unspecified atom stereocenters. The van der Waals surface area contributed by atoms with E-state index in [1.165, 1.54) is 5.56 Å². The molecule has 0 spiro atoms. The van der Waals surface area contributed by atoms with Gasteiger partial charge in [0.25, 0.3) is 5.91 Å². The number of rotatable bonds is 8. The fraction of sp³-hybridized carbons (Fsp3) is 0.227. The second kappa shape index (κ2) is 9.50. The molecule has 3 rings (SSSR count). The first-order valence-corrected chi connectivity index (χ1v) is 9.28. The maximum atomic E-state index is 12.4. The smallest absolute Gasteiger partial charge is 0.270 e. The minimum atomic E-state index is -0.227. The van der Waals surface area contributed by atoms with Crippen LogP contribution in [-0.4, -0.2) is 29.5 Å². The second-order valence-electron chi connectivity index (χ2n) is 6.30. The highest BCUT2D eigenvalue weighted by atomic mass is 16.5. The van der Waals surface area contributed by atoms with Crippen LogP contribution in [0, 0.1) is 0 Å². The molecule has 0 saturated carbocycles. The maximum Gasteiger partial charge on any atom is 0.270 e. The predicted molar refractivity (Wildman–Crippen MR) is 110 cm³/mol. The minimum Gasteiger partial charge on any atom is -0.497 e. The van der Waals surface area contributed by atoms with E-state index in [9.17, 15) is 4.79 Å². The third-order valence-electron chi connectivity index (χ3n) is 4.34. The molecule has 3 aromatic rings. The summed E-state index contributed by atoms with van der Waals surface area (Å²) in [6, 6.07) is 17.5. The molecule has 0 saturated heterocycles. The van der Waals surface area contributed by atoms with E-state index in [4.69, 9.17) is 4.74 Å². The van der Waals surface area contributed by atoms with Gasteiger partial charge in [-0.15, -0.1) is 0 Å². The number of methoxy groups -OCH3 is 1. The lowest BCUT2D eigenvalue weighted by Crippen LogP contribution is -2.26. The van der Waals surface area contributed by atoms with Crippen LogP contribution in [0.2, 0.25) is 0 Å². The second-order valence-corrected chi connectivity index (χ2v) is 6.30. The van der Waals surface area contributed by atoms with E-state index in [1.54, 1.807) is 19.4 Å². The summed E-state index contributed by atoms with van der Waals surface area (Å²) in [5.41, 5.74) is 3.57. The van der Waals surface area contributed by atoms with E-state index in [0.717, 1.165) is 23.4 Å². The van der Waals surface area contributed by atoms with Crippen LogP contribution in [0.3, 0.4) is 0 Å². The average molecular weight is 376 g/mol. The van der Waals surface area contributed by atoms with Crippen LogP contribution in [0.5, 0.6) is 5.75 Å². The Morgan fingerprint density at radius 1 is 1.07 bits per heavy atom. The zero-order valence-electron chi connectivity index (χ0n) is 16.1. The molecule has 0 atom stereocenters. The van der Waals surface area contributed by atoms with Crippen molar-refractivity contribution in [1.82, 2.24) is 15.3 Å². The molecule has 144 valence electrons. The average Bonchev–Trinajstić information content (AvgIpc) is 2.74. The zero-order valence-corrected chi connectivity index (χ0v) is 16.1. The summed E-state index contributed by atoms with van der Waals surface area (Å²) in [7, 11) is 1.64. The lowest BCUT2D eigenvalue weighted by Gasteiger charge is -2.08. The fourth-order valence-corrected chi connectivity index (χ4v) is 2.74. The van der Waals surface area contributed by atoms with Gasteiger partial charge in [-0.25, -0.2) is 9.97 Å². The predicted octanol–water partition coefficient (Wildman–Crippen LogP) is 3.76. The summed E-state index contributed by atoms with van der Waals surface area (Å²) >= 11 is 0.